The van der Waals surface area contributed by atoms with Gasteiger partial charge in [0.1, 0.15) is 0 Å². The Morgan fingerprint density at radius 1 is 0.938 bits per heavy atom. The second-order valence-electron chi connectivity index (χ2n) is 7.27. The molecule has 1 fully saturated rings. The molecular weight excluding hydrogens is 456 g/mol. The number of halogens is 1. The minimum absolute atomic E-state index is 0.0257. The van der Waals surface area contributed by atoms with E-state index in [0.29, 0.717) is 48.2 Å². The number of piperazine rings is 1. The van der Waals surface area contributed by atoms with E-state index < -0.39 is 10.0 Å². The van der Waals surface area contributed by atoms with Crippen LogP contribution < -0.4 is 14.2 Å². The molecule has 0 N–H and O–H groups in total. The summed E-state index contributed by atoms with van der Waals surface area (Å²) in [6.45, 7) is 1.20. The molecule has 0 spiro atoms. The molecule has 2 aromatic rings. The lowest BCUT2D eigenvalue weighted by atomic mass is 10.1. The first-order valence-electron chi connectivity index (χ1n) is 10.1. The zero-order valence-corrected chi connectivity index (χ0v) is 19.9. The Bertz CT molecular complexity index is 1030. The van der Waals surface area contributed by atoms with Gasteiger partial charge in [-0.15, -0.1) is 0 Å². The summed E-state index contributed by atoms with van der Waals surface area (Å²) in [5, 5.41) is 0.478. The van der Waals surface area contributed by atoms with Crippen LogP contribution in [0.1, 0.15) is 12.0 Å². The summed E-state index contributed by atoms with van der Waals surface area (Å²) in [7, 11) is 1.02. The average Bonchev–Trinajstić information content (AvgIpc) is 2.82. The molecular formula is C22H27ClN2O6S. The molecule has 1 saturated heterocycles. The number of aryl methyl sites for hydroxylation is 1. The first-order chi connectivity index (χ1) is 15.3. The van der Waals surface area contributed by atoms with E-state index in [1.807, 2.05) is 12.1 Å². The van der Waals surface area contributed by atoms with Crippen LogP contribution in [0.2, 0.25) is 5.02 Å². The van der Waals surface area contributed by atoms with Gasteiger partial charge in [0, 0.05) is 37.6 Å². The topological polar surface area (TPSA) is 85.4 Å². The fraction of sp³-hybridized carbons (Fsp3) is 0.409. The van der Waals surface area contributed by atoms with Crippen LogP contribution in [0.15, 0.2) is 41.3 Å². The molecule has 0 saturated carbocycles. The van der Waals surface area contributed by atoms with E-state index in [1.54, 1.807) is 31.3 Å². The predicted molar refractivity (Wildman–Crippen MR) is 121 cm³/mol. The highest BCUT2D eigenvalue weighted by molar-refractivity contribution is 7.89. The summed E-state index contributed by atoms with van der Waals surface area (Å²) < 4.78 is 43.1. The van der Waals surface area contributed by atoms with E-state index >= 15 is 0 Å². The molecule has 0 bridgehead atoms. The fourth-order valence-electron chi connectivity index (χ4n) is 3.62. The van der Waals surface area contributed by atoms with E-state index in [-0.39, 0.29) is 23.9 Å². The lowest BCUT2D eigenvalue weighted by Crippen LogP contribution is -2.50. The Morgan fingerprint density at radius 2 is 1.50 bits per heavy atom. The normalized spacial score (nSPS) is 14.8. The molecule has 1 amide bonds. The van der Waals surface area contributed by atoms with E-state index in [2.05, 4.69) is 0 Å². The van der Waals surface area contributed by atoms with Crippen molar-refractivity contribution < 1.29 is 27.4 Å². The van der Waals surface area contributed by atoms with Gasteiger partial charge in [0.05, 0.1) is 26.2 Å². The first kappa shape index (κ1) is 24.2. The molecule has 174 valence electrons. The van der Waals surface area contributed by atoms with Gasteiger partial charge < -0.3 is 19.1 Å². The van der Waals surface area contributed by atoms with Crippen LogP contribution in [0.3, 0.4) is 0 Å². The summed E-state index contributed by atoms with van der Waals surface area (Å²) in [5.74, 6) is 1.55. The van der Waals surface area contributed by atoms with Crippen molar-refractivity contribution in [2.75, 3.05) is 47.5 Å². The zero-order chi connectivity index (χ0) is 23.3. The zero-order valence-electron chi connectivity index (χ0n) is 18.3. The SMILES string of the molecule is COc1cc(CCC(=O)N2CCN(S(=O)(=O)c3ccc(Cl)cc3)CC2)cc(OC)c1OC. The average molecular weight is 483 g/mol. The van der Waals surface area contributed by atoms with Crippen LogP contribution in [0, 0.1) is 0 Å². The van der Waals surface area contributed by atoms with Crippen LogP contribution in [-0.2, 0) is 21.2 Å². The van der Waals surface area contributed by atoms with Crippen molar-refractivity contribution in [1.82, 2.24) is 9.21 Å². The molecule has 8 nitrogen and oxygen atoms in total. The van der Waals surface area contributed by atoms with Crippen molar-refractivity contribution in [3.63, 3.8) is 0 Å². The van der Waals surface area contributed by atoms with Gasteiger partial charge in [-0.2, -0.15) is 4.31 Å². The maximum atomic E-state index is 12.8. The number of carbonyl (C=O) groups is 1. The largest absolute Gasteiger partial charge is 0.493 e. The highest BCUT2D eigenvalue weighted by Crippen LogP contribution is 2.38. The van der Waals surface area contributed by atoms with Crippen LogP contribution in [0.5, 0.6) is 17.2 Å². The van der Waals surface area contributed by atoms with E-state index in [0.717, 1.165) is 5.56 Å². The molecule has 10 heteroatoms. The van der Waals surface area contributed by atoms with Crippen LogP contribution in [0.4, 0.5) is 0 Å². The van der Waals surface area contributed by atoms with E-state index in [4.69, 9.17) is 25.8 Å². The number of hydrogen-bond donors (Lipinski definition) is 0. The van der Waals surface area contributed by atoms with Gasteiger partial charge >= 0.3 is 0 Å². The number of carbonyl (C=O) groups excluding carboxylic acids is 1. The van der Waals surface area contributed by atoms with Gasteiger partial charge in [0.25, 0.3) is 0 Å². The Balaban J connectivity index is 1.59. The molecule has 32 heavy (non-hydrogen) atoms. The second-order valence-corrected chi connectivity index (χ2v) is 9.65. The van der Waals surface area contributed by atoms with Crippen molar-refractivity contribution in [1.29, 1.82) is 0 Å². The number of ether oxygens (including phenoxy) is 3. The summed E-state index contributed by atoms with van der Waals surface area (Å²) in [6.07, 6.45) is 0.793. The summed E-state index contributed by atoms with van der Waals surface area (Å²) in [6, 6.07) is 9.74. The van der Waals surface area contributed by atoms with Crippen LogP contribution in [-0.4, -0.2) is 71.0 Å². The monoisotopic (exact) mass is 482 g/mol. The number of amides is 1. The second kappa shape index (κ2) is 10.4. The predicted octanol–water partition coefficient (Wildman–Crippen LogP) is 2.83. The smallest absolute Gasteiger partial charge is 0.243 e. The molecule has 0 radical (unpaired) electrons. The lowest BCUT2D eigenvalue weighted by molar-refractivity contribution is -0.132. The first-order valence-corrected chi connectivity index (χ1v) is 11.9. The number of rotatable bonds is 8. The third-order valence-electron chi connectivity index (χ3n) is 5.39. The Hall–Kier alpha value is -2.49. The van der Waals surface area contributed by atoms with Gasteiger partial charge in [0.2, 0.25) is 21.7 Å². The summed E-state index contributed by atoms with van der Waals surface area (Å²) in [4.78, 5) is 14.6. The lowest BCUT2D eigenvalue weighted by Gasteiger charge is -2.34. The Kier molecular flexibility index (Phi) is 7.86. The maximum Gasteiger partial charge on any atom is 0.243 e. The molecule has 0 aliphatic carbocycles. The minimum Gasteiger partial charge on any atom is -0.493 e. The Morgan fingerprint density at radius 3 is 2.00 bits per heavy atom. The van der Waals surface area contributed by atoms with Gasteiger partial charge in [-0.05, 0) is 48.4 Å². The quantitative estimate of drug-likeness (QED) is 0.575. The summed E-state index contributed by atoms with van der Waals surface area (Å²) >= 11 is 5.85. The standard InChI is InChI=1S/C22H27ClN2O6S/c1-29-19-14-16(15-20(30-2)22(19)31-3)4-9-21(26)24-10-12-25(13-11-24)32(27,28)18-7-5-17(23)6-8-18/h5-8,14-15H,4,9-13H2,1-3H3. The molecule has 0 unspecified atom stereocenters. The fourth-order valence-corrected chi connectivity index (χ4v) is 5.17. The van der Waals surface area contributed by atoms with Crippen molar-refractivity contribution >= 4 is 27.5 Å². The highest BCUT2D eigenvalue weighted by atomic mass is 35.5. The van der Waals surface area contributed by atoms with Crippen LogP contribution in [0.25, 0.3) is 0 Å². The minimum atomic E-state index is -3.61. The highest BCUT2D eigenvalue weighted by Gasteiger charge is 2.30. The molecule has 1 aliphatic heterocycles. The van der Waals surface area contributed by atoms with Gasteiger partial charge in [0.15, 0.2) is 11.5 Å². The molecule has 1 heterocycles. The maximum absolute atomic E-state index is 12.8. The third kappa shape index (κ3) is 5.28. The molecule has 3 rings (SSSR count). The van der Waals surface area contributed by atoms with Gasteiger partial charge in [-0.1, -0.05) is 11.6 Å². The van der Waals surface area contributed by atoms with Crippen molar-refractivity contribution in [2.24, 2.45) is 0 Å². The number of sulfonamides is 1. The number of hydrogen-bond acceptors (Lipinski definition) is 6. The van der Waals surface area contributed by atoms with Crippen molar-refractivity contribution in [3.8, 4) is 17.2 Å². The summed E-state index contributed by atoms with van der Waals surface area (Å²) in [5.41, 5.74) is 0.886. The van der Waals surface area contributed by atoms with E-state index in [1.165, 1.54) is 23.5 Å². The third-order valence-corrected chi connectivity index (χ3v) is 7.56. The number of nitrogens with zero attached hydrogens (tertiary/aromatic N) is 2. The van der Waals surface area contributed by atoms with Gasteiger partial charge in [-0.25, -0.2) is 8.42 Å². The van der Waals surface area contributed by atoms with Crippen molar-refractivity contribution in [3.05, 3.63) is 47.0 Å². The number of methoxy groups -OCH3 is 3. The molecule has 0 atom stereocenters. The van der Waals surface area contributed by atoms with Gasteiger partial charge in [-0.3, -0.25) is 4.79 Å². The molecule has 1 aliphatic rings. The molecule has 0 aromatic heterocycles. The Labute approximate surface area is 193 Å². The molecule has 2 aromatic carbocycles. The van der Waals surface area contributed by atoms with Crippen LogP contribution >= 0.6 is 11.6 Å². The van der Waals surface area contributed by atoms with E-state index in [9.17, 15) is 13.2 Å². The van der Waals surface area contributed by atoms with Crippen molar-refractivity contribution in [2.45, 2.75) is 17.7 Å². The number of benzene rings is 2.